The van der Waals surface area contributed by atoms with E-state index in [1.807, 2.05) is 6.07 Å². The number of esters is 1. The van der Waals surface area contributed by atoms with Crippen molar-refractivity contribution in [2.45, 2.75) is 13.5 Å². The fourth-order valence-corrected chi connectivity index (χ4v) is 1.19. The van der Waals surface area contributed by atoms with Gasteiger partial charge in [0.15, 0.2) is 5.82 Å². The molecule has 1 N–H and O–H groups in total. The molecule has 0 aliphatic heterocycles. The molecule has 0 unspecified atom stereocenters. The fraction of sp³-hybridized carbons (Fsp3) is 0.222. The lowest BCUT2D eigenvalue weighted by Gasteiger charge is -1.96. The van der Waals surface area contributed by atoms with Gasteiger partial charge in [0.25, 0.3) is 0 Å². The quantitative estimate of drug-likeness (QED) is 0.741. The minimum absolute atomic E-state index is 0.0470. The predicted molar refractivity (Wildman–Crippen MR) is 53.7 cm³/mol. The van der Waals surface area contributed by atoms with E-state index in [4.69, 9.17) is 10.00 Å². The Morgan fingerprint density at radius 3 is 3.24 bits per heavy atom. The summed E-state index contributed by atoms with van der Waals surface area (Å²) < 4.78 is 6.14. The summed E-state index contributed by atoms with van der Waals surface area (Å²) in [6.07, 6.45) is 2.94. The summed E-state index contributed by atoms with van der Waals surface area (Å²) in [5, 5.41) is 22.8. The van der Waals surface area contributed by atoms with Crippen molar-refractivity contribution in [3.8, 4) is 11.9 Å². The molecule has 0 bridgehead atoms. The SMILES string of the molecule is CC(=O)OCc1cn(-c2[nH]ncc2C#N)nn1. The van der Waals surface area contributed by atoms with Gasteiger partial charge in [-0.1, -0.05) is 5.21 Å². The van der Waals surface area contributed by atoms with E-state index >= 15 is 0 Å². The molecule has 0 radical (unpaired) electrons. The molecule has 0 aromatic carbocycles. The third kappa shape index (κ3) is 2.28. The number of aromatic amines is 1. The number of carbonyl (C=O) groups is 1. The van der Waals surface area contributed by atoms with Crippen LogP contribution < -0.4 is 0 Å². The van der Waals surface area contributed by atoms with Gasteiger partial charge in [-0.3, -0.25) is 9.89 Å². The van der Waals surface area contributed by atoms with Crippen molar-refractivity contribution in [3.05, 3.63) is 23.7 Å². The van der Waals surface area contributed by atoms with Gasteiger partial charge in [-0.05, 0) is 0 Å². The highest BCUT2D eigenvalue weighted by molar-refractivity contribution is 5.65. The van der Waals surface area contributed by atoms with Crippen LogP contribution in [0.4, 0.5) is 0 Å². The first kappa shape index (κ1) is 10.8. The molecule has 2 aromatic rings. The number of nitrogens with zero attached hydrogens (tertiary/aromatic N) is 5. The molecule has 0 amide bonds. The van der Waals surface area contributed by atoms with Crippen LogP contribution in [0.25, 0.3) is 5.82 Å². The summed E-state index contributed by atoms with van der Waals surface area (Å²) in [6.45, 7) is 1.36. The third-order valence-electron chi connectivity index (χ3n) is 1.93. The smallest absolute Gasteiger partial charge is 0.303 e. The first-order valence-electron chi connectivity index (χ1n) is 4.69. The molecule has 86 valence electrons. The second kappa shape index (κ2) is 4.44. The zero-order valence-corrected chi connectivity index (χ0v) is 8.91. The average molecular weight is 232 g/mol. The summed E-state index contributed by atoms with van der Waals surface area (Å²) in [5.41, 5.74) is 0.840. The van der Waals surface area contributed by atoms with E-state index in [1.165, 1.54) is 17.8 Å². The largest absolute Gasteiger partial charge is 0.459 e. The minimum atomic E-state index is -0.390. The van der Waals surface area contributed by atoms with Crippen LogP contribution in [0, 0.1) is 11.3 Å². The number of nitrogens with one attached hydrogen (secondary N) is 1. The van der Waals surface area contributed by atoms with Crippen molar-refractivity contribution in [3.63, 3.8) is 0 Å². The van der Waals surface area contributed by atoms with E-state index in [9.17, 15) is 4.79 Å². The van der Waals surface area contributed by atoms with Crippen LogP contribution in [0.3, 0.4) is 0 Å². The number of aromatic nitrogens is 5. The van der Waals surface area contributed by atoms with E-state index in [0.29, 0.717) is 17.1 Å². The van der Waals surface area contributed by atoms with E-state index in [0.717, 1.165) is 0 Å². The molecule has 8 heteroatoms. The van der Waals surface area contributed by atoms with Gasteiger partial charge < -0.3 is 4.74 Å². The Hall–Kier alpha value is -2.69. The van der Waals surface area contributed by atoms with Crippen molar-refractivity contribution >= 4 is 5.97 Å². The van der Waals surface area contributed by atoms with Gasteiger partial charge >= 0.3 is 5.97 Å². The van der Waals surface area contributed by atoms with Crippen LogP contribution in [0.15, 0.2) is 12.4 Å². The Kier molecular flexibility index (Phi) is 2.83. The Morgan fingerprint density at radius 2 is 2.53 bits per heavy atom. The van der Waals surface area contributed by atoms with Crippen molar-refractivity contribution in [2.24, 2.45) is 0 Å². The Bertz CT molecular complexity index is 578. The molecular weight excluding hydrogens is 224 g/mol. The number of hydrogen-bond donors (Lipinski definition) is 1. The van der Waals surface area contributed by atoms with Crippen LogP contribution in [-0.2, 0) is 16.1 Å². The molecular formula is C9H8N6O2. The summed E-state index contributed by atoms with van der Waals surface area (Å²) in [6, 6.07) is 1.97. The number of ether oxygens (including phenoxy) is 1. The number of rotatable bonds is 3. The second-order valence-electron chi connectivity index (χ2n) is 3.18. The van der Waals surface area contributed by atoms with Crippen molar-refractivity contribution in [1.29, 1.82) is 5.26 Å². The summed E-state index contributed by atoms with van der Waals surface area (Å²) in [7, 11) is 0. The standard InChI is InChI=1S/C9H8N6O2/c1-6(16)17-5-8-4-15(14-12-8)9-7(2-10)3-11-13-9/h3-4H,5H2,1H3,(H,11,13). The number of hydrogen-bond acceptors (Lipinski definition) is 6. The lowest BCUT2D eigenvalue weighted by atomic mass is 10.4. The third-order valence-corrected chi connectivity index (χ3v) is 1.93. The fourth-order valence-electron chi connectivity index (χ4n) is 1.19. The molecule has 2 heterocycles. The molecule has 2 rings (SSSR count). The van der Waals surface area contributed by atoms with Crippen LogP contribution in [-0.4, -0.2) is 31.2 Å². The number of carbonyl (C=O) groups excluding carboxylic acids is 1. The zero-order chi connectivity index (χ0) is 12.3. The Balaban J connectivity index is 2.19. The number of H-pyrrole nitrogens is 1. The second-order valence-corrected chi connectivity index (χ2v) is 3.18. The lowest BCUT2D eigenvalue weighted by molar-refractivity contribution is -0.142. The van der Waals surface area contributed by atoms with Crippen LogP contribution in [0.5, 0.6) is 0 Å². The van der Waals surface area contributed by atoms with E-state index < -0.39 is 0 Å². The molecule has 2 aromatic heterocycles. The highest BCUT2D eigenvalue weighted by Gasteiger charge is 2.09. The lowest BCUT2D eigenvalue weighted by Crippen LogP contribution is -1.99. The predicted octanol–water partition coefficient (Wildman–Crippen LogP) is -0.0748. The molecule has 0 aliphatic rings. The highest BCUT2D eigenvalue weighted by atomic mass is 16.5. The molecule has 0 saturated heterocycles. The van der Waals surface area contributed by atoms with Gasteiger partial charge in [-0.15, -0.1) is 5.10 Å². The first-order valence-corrected chi connectivity index (χ1v) is 4.69. The molecule has 17 heavy (non-hydrogen) atoms. The molecule has 0 spiro atoms. The Labute approximate surface area is 95.8 Å². The van der Waals surface area contributed by atoms with E-state index in [2.05, 4.69) is 20.5 Å². The maximum absolute atomic E-state index is 10.6. The average Bonchev–Trinajstić information content (AvgIpc) is 2.94. The monoisotopic (exact) mass is 232 g/mol. The van der Waals surface area contributed by atoms with Gasteiger partial charge in [0.05, 0.1) is 12.4 Å². The van der Waals surface area contributed by atoms with Gasteiger partial charge in [0.2, 0.25) is 0 Å². The maximum Gasteiger partial charge on any atom is 0.303 e. The topological polar surface area (TPSA) is 109 Å². The van der Waals surface area contributed by atoms with Crippen molar-refractivity contribution in [2.75, 3.05) is 0 Å². The normalized spacial score (nSPS) is 9.88. The molecule has 8 nitrogen and oxygen atoms in total. The summed E-state index contributed by atoms with van der Waals surface area (Å²) in [5.74, 6) is 0.0351. The van der Waals surface area contributed by atoms with E-state index in [-0.39, 0.29) is 12.6 Å². The van der Waals surface area contributed by atoms with Gasteiger partial charge in [-0.2, -0.15) is 10.4 Å². The van der Waals surface area contributed by atoms with Crippen molar-refractivity contribution < 1.29 is 9.53 Å². The summed E-state index contributed by atoms with van der Waals surface area (Å²) in [4.78, 5) is 10.6. The molecule has 0 saturated carbocycles. The van der Waals surface area contributed by atoms with Crippen LogP contribution in [0.2, 0.25) is 0 Å². The molecule has 0 fully saturated rings. The van der Waals surface area contributed by atoms with Crippen LogP contribution in [0.1, 0.15) is 18.2 Å². The Morgan fingerprint density at radius 1 is 1.71 bits per heavy atom. The van der Waals surface area contributed by atoms with Crippen LogP contribution >= 0.6 is 0 Å². The zero-order valence-electron chi connectivity index (χ0n) is 8.91. The maximum atomic E-state index is 10.6. The van der Waals surface area contributed by atoms with Gasteiger partial charge in [-0.25, -0.2) is 4.68 Å². The van der Waals surface area contributed by atoms with E-state index in [1.54, 1.807) is 6.20 Å². The molecule has 0 atom stereocenters. The van der Waals surface area contributed by atoms with Gasteiger partial charge in [0, 0.05) is 6.92 Å². The number of nitriles is 1. The minimum Gasteiger partial charge on any atom is -0.459 e. The molecule has 0 aliphatic carbocycles. The summed E-state index contributed by atoms with van der Waals surface area (Å²) >= 11 is 0. The van der Waals surface area contributed by atoms with Crippen molar-refractivity contribution in [1.82, 2.24) is 25.2 Å². The highest BCUT2D eigenvalue weighted by Crippen LogP contribution is 2.08. The first-order chi connectivity index (χ1) is 8.20. The van der Waals surface area contributed by atoms with Gasteiger partial charge in [0.1, 0.15) is 23.9 Å².